The van der Waals surface area contributed by atoms with Crippen LogP contribution in [0.15, 0.2) is 89.9 Å². The fraction of sp³-hybridized carbons (Fsp3) is 0.125. The lowest BCUT2D eigenvalue weighted by Gasteiger charge is -2.09. The molecule has 0 radical (unpaired) electrons. The molecule has 4 rings (SSSR count). The smallest absolute Gasteiger partial charge is 0.258 e. The van der Waals surface area contributed by atoms with Gasteiger partial charge in [0, 0.05) is 24.4 Å². The van der Waals surface area contributed by atoms with Crippen LogP contribution in [0.2, 0.25) is 0 Å². The molecule has 4 aromatic rings. The Hall–Kier alpha value is -3.93. The van der Waals surface area contributed by atoms with Gasteiger partial charge >= 0.3 is 0 Å². The topological polar surface area (TPSA) is 72.7 Å². The van der Waals surface area contributed by atoms with E-state index in [9.17, 15) is 9.59 Å². The second-order valence-corrected chi connectivity index (χ2v) is 6.86. The van der Waals surface area contributed by atoms with E-state index < -0.39 is 0 Å². The van der Waals surface area contributed by atoms with Crippen LogP contribution in [0.25, 0.3) is 5.65 Å². The molecule has 0 atom stereocenters. The maximum Gasteiger partial charge on any atom is 0.258 e. The van der Waals surface area contributed by atoms with Crippen molar-refractivity contribution in [3.63, 3.8) is 0 Å². The Bertz CT molecular complexity index is 1200. The van der Waals surface area contributed by atoms with E-state index in [0.29, 0.717) is 35.6 Å². The molecule has 2 aromatic carbocycles. The average molecular weight is 399 g/mol. The standard InChI is InChI=1S/C24H21N3O3/c28-23(14-9-18-6-2-1-3-7-18)26-19-10-12-21(13-11-19)30-17-20-16-24(29)27-15-5-4-8-22(27)25-20/h1-8,10-13,15-16H,9,14,17H2,(H,26,28). The van der Waals surface area contributed by atoms with Crippen LogP contribution in [0.5, 0.6) is 5.75 Å². The van der Waals surface area contributed by atoms with Crippen LogP contribution in [0, 0.1) is 0 Å². The number of nitrogens with one attached hydrogen (secondary N) is 1. The molecule has 1 amide bonds. The minimum atomic E-state index is -0.146. The van der Waals surface area contributed by atoms with Crippen LogP contribution in [0.3, 0.4) is 0 Å². The van der Waals surface area contributed by atoms with Gasteiger partial charge < -0.3 is 10.1 Å². The number of benzene rings is 2. The van der Waals surface area contributed by atoms with E-state index in [1.807, 2.05) is 36.4 Å². The molecule has 0 fully saturated rings. The van der Waals surface area contributed by atoms with Crippen molar-refractivity contribution in [3.05, 3.63) is 107 Å². The summed E-state index contributed by atoms with van der Waals surface area (Å²) >= 11 is 0. The number of hydrogen-bond acceptors (Lipinski definition) is 4. The fourth-order valence-electron chi connectivity index (χ4n) is 3.09. The number of rotatable bonds is 7. The van der Waals surface area contributed by atoms with Gasteiger partial charge in [-0.2, -0.15) is 0 Å². The monoisotopic (exact) mass is 399 g/mol. The summed E-state index contributed by atoms with van der Waals surface area (Å²) in [4.78, 5) is 28.7. The Morgan fingerprint density at radius 1 is 0.967 bits per heavy atom. The quantitative estimate of drug-likeness (QED) is 0.512. The molecule has 1 N–H and O–H groups in total. The third-order valence-electron chi connectivity index (χ3n) is 4.63. The van der Waals surface area contributed by atoms with Gasteiger partial charge in [-0.1, -0.05) is 36.4 Å². The lowest BCUT2D eigenvalue weighted by molar-refractivity contribution is -0.116. The van der Waals surface area contributed by atoms with Crippen LogP contribution in [0.4, 0.5) is 5.69 Å². The summed E-state index contributed by atoms with van der Waals surface area (Å²) in [6.07, 6.45) is 2.81. The van der Waals surface area contributed by atoms with Gasteiger partial charge in [0.2, 0.25) is 5.91 Å². The van der Waals surface area contributed by atoms with Crippen molar-refractivity contribution in [1.82, 2.24) is 9.38 Å². The van der Waals surface area contributed by atoms with Gasteiger partial charge in [-0.3, -0.25) is 14.0 Å². The van der Waals surface area contributed by atoms with Gasteiger partial charge in [0.1, 0.15) is 18.0 Å². The van der Waals surface area contributed by atoms with Crippen molar-refractivity contribution >= 4 is 17.2 Å². The summed E-state index contributed by atoms with van der Waals surface area (Å²) in [7, 11) is 0. The highest BCUT2D eigenvalue weighted by molar-refractivity contribution is 5.90. The second kappa shape index (κ2) is 9.05. The molecular formula is C24H21N3O3. The number of anilines is 1. The van der Waals surface area contributed by atoms with E-state index in [1.165, 1.54) is 10.5 Å². The van der Waals surface area contributed by atoms with Crippen molar-refractivity contribution in [2.75, 3.05) is 5.32 Å². The predicted octanol–water partition coefficient (Wildman–Crippen LogP) is 3.84. The molecule has 0 saturated heterocycles. The van der Waals surface area contributed by atoms with Crippen LogP contribution < -0.4 is 15.6 Å². The van der Waals surface area contributed by atoms with Crippen molar-refractivity contribution < 1.29 is 9.53 Å². The first-order valence-corrected chi connectivity index (χ1v) is 9.71. The Morgan fingerprint density at radius 3 is 2.53 bits per heavy atom. The maximum atomic E-state index is 12.1. The Labute approximate surface area is 173 Å². The van der Waals surface area contributed by atoms with Crippen molar-refractivity contribution in [2.45, 2.75) is 19.4 Å². The Balaban J connectivity index is 1.31. The fourth-order valence-corrected chi connectivity index (χ4v) is 3.09. The number of amides is 1. The van der Waals surface area contributed by atoms with Crippen LogP contribution in [0.1, 0.15) is 17.7 Å². The van der Waals surface area contributed by atoms with Gasteiger partial charge in [-0.25, -0.2) is 4.98 Å². The number of aryl methyl sites for hydroxylation is 1. The van der Waals surface area contributed by atoms with Crippen molar-refractivity contribution in [2.24, 2.45) is 0 Å². The van der Waals surface area contributed by atoms with E-state index in [-0.39, 0.29) is 18.1 Å². The SMILES string of the molecule is O=C(CCc1ccccc1)Nc1ccc(OCc2cc(=O)n3ccccc3n2)cc1. The lowest BCUT2D eigenvalue weighted by atomic mass is 10.1. The van der Waals surface area contributed by atoms with Gasteiger partial charge in [-0.15, -0.1) is 0 Å². The molecule has 0 aliphatic heterocycles. The minimum Gasteiger partial charge on any atom is -0.487 e. The van der Waals surface area contributed by atoms with E-state index in [0.717, 1.165) is 5.56 Å². The first kappa shape index (κ1) is 19.4. The van der Waals surface area contributed by atoms with Crippen LogP contribution >= 0.6 is 0 Å². The highest BCUT2D eigenvalue weighted by Gasteiger charge is 2.05. The summed E-state index contributed by atoms with van der Waals surface area (Å²) in [5, 5.41) is 2.89. The summed E-state index contributed by atoms with van der Waals surface area (Å²) in [5.74, 6) is 0.598. The summed E-state index contributed by atoms with van der Waals surface area (Å²) in [5.41, 5.74) is 2.84. The van der Waals surface area contributed by atoms with Gasteiger partial charge in [0.15, 0.2) is 0 Å². The molecule has 0 saturated carbocycles. The molecule has 6 heteroatoms. The number of ether oxygens (including phenoxy) is 1. The molecule has 0 aliphatic rings. The summed E-state index contributed by atoms with van der Waals surface area (Å²) in [6, 6.07) is 23.9. The van der Waals surface area contributed by atoms with Crippen LogP contribution in [-0.2, 0) is 17.8 Å². The third-order valence-corrected chi connectivity index (χ3v) is 4.63. The largest absolute Gasteiger partial charge is 0.487 e. The second-order valence-electron chi connectivity index (χ2n) is 6.86. The van der Waals surface area contributed by atoms with Gasteiger partial charge in [-0.05, 0) is 48.4 Å². The van der Waals surface area contributed by atoms with Crippen molar-refractivity contribution in [1.29, 1.82) is 0 Å². The normalized spacial score (nSPS) is 10.7. The molecule has 0 spiro atoms. The first-order chi connectivity index (χ1) is 14.7. The van der Waals surface area contributed by atoms with E-state index >= 15 is 0 Å². The number of nitrogens with zero attached hydrogens (tertiary/aromatic N) is 2. The van der Waals surface area contributed by atoms with E-state index in [2.05, 4.69) is 10.3 Å². The molecule has 2 heterocycles. The van der Waals surface area contributed by atoms with Crippen molar-refractivity contribution in [3.8, 4) is 5.75 Å². The number of hydrogen-bond donors (Lipinski definition) is 1. The molecule has 2 aromatic heterocycles. The lowest BCUT2D eigenvalue weighted by Crippen LogP contribution is -2.16. The van der Waals surface area contributed by atoms with Gasteiger partial charge in [0.05, 0.1) is 5.69 Å². The minimum absolute atomic E-state index is 0.0339. The van der Waals surface area contributed by atoms with E-state index in [1.54, 1.807) is 42.6 Å². The highest BCUT2D eigenvalue weighted by atomic mass is 16.5. The molecule has 150 valence electrons. The Kier molecular flexibility index (Phi) is 5.85. The average Bonchev–Trinajstić information content (AvgIpc) is 2.78. The molecule has 0 bridgehead atoms. The maximum absolute atomic E-state index is 12.1. The summed E-state index contributed by atoms with van der Waals surface area (Å²) in [6.45, 7) is 0.184. The molecular weight excluding hydrogens is 378 g/mol. The first-order valence-electron chi connectivity index (χ1n) is 9.71. The Morgan fingerprint density at radius 2 is 1.73 bits per heavy atom. The van der Waals surface area contributed by atoms with Crippen LogP contribution in [-0.4, -0.2) is 15.3 Å². The van der Waals surface area contributed by atoms with E-state index in [4.69, 9.17) is 4.74 Å². The zero-order valence-electron chi connectivity index (χ0n) is 16.3. The predicted molar refractivity (Wildman–Crippen MR) is 116 cm³/mol. The number of fused-ring (bicyclic) bond motifs is 1. The third kappa shape index (κ3) is 4.91. The number of carbonyl (C=O) groups is 1. The summed E-state index contributed by atoms with van der Waals surface area (Å²) < 4.78 is 7.22. The molecule has 0 aliphatic carbocycles. The number of pyridine rings is 1. The zero-order valence-corrected chi connectivity index (χ0v) is 16.3. The van der Waals surface area contributed by atoms with Gasteiger partial charge in [0.25, 0.3) is 5.56 Å². The molecule has 30 heavy (non-hydrogen) atoms. The number of carbonyl (C=O) groups excluding carboxylic acids is 1. The molecule has 0 unspecified atom stereocenters. The highest BCUT2D eigenvalue weighted by Crippen LogP contribution is 2.17. The number of aromatic nitrogens is 2. The zero-order chi connectivity index (χ0) is 20.8. The molecule has 6 nitrogen and oxygen atoms in total.